The fourth-order valence-electron chi connectivity index (χ4n) is 6.39. The van der Waals surface area contributed by atoms with Crippen molar-refractivity contribution in [2.24, 2.45) is 5.92 Å². The van der Waals surface area contributed by atoms with Gasteiger partial charge in [-0.05, 0) is 88.7 Å². The average Bonchev–Trinajstić information content (AvgIpc) is 3.57. The number of carbonyl (C=O) groups is 1. The molecular formula is C25H37ClN4O. The zero-order chi connectivity index (χ0) is 21.6. The maximum absolute atomic E-state index is 13.7. The normalized spacial score (nSPS) is 33.1. The van der Waals surface area contributed by atoms with Crippen LogP contribution in [0.25, 0.3) is 0 Å². The van der Waals surface area contributed by atoms with Gasteiger partial charge in [0.05, 0.1) is 5.54 Å². The minimum Gasteiger partial charge on any atom is -0.319 e. The molecule has 4 fully saturated rings. The largest absolute Gasteiger partial charge is 0.320 e. The van der Waals surface area contributed by atoms with Crippen LogP contribution in [0.1, 0.15) is 56.9 Å². The van der Waals surface area contributed by atoms with Crippen molar-refractivity contribution in [2.45, 2.75) is 68.5 Å². The number of halogens is 1. The van der Waals surface area contributed by atoms with Gasteiger partial charge in [0, 0.05) is 37.8 Å². The number of piperidine rings is 1. The first kappa shape index (κ1) is 21.5. The van der Waals surface area contributed by atoms with Crippen LogP contribution in [0.4, 0.5) is 4.79 Å². The number of rotatable bonds is 5. The number of carbonyl (C=O) groups excluding carboxylic acids is 1. The van der Waals surface area contributed by atoms with Gasteiger partial charge in [0.1, 0.15) is 0 Å². The Hall–Kier alpha value is -1.30. The molecule has 0 atom stereocenters. The molecule has 2 amide bonds. The van der Waals surface area contributed by atoms with Crippen LogP contribution >= 0.6 is 11.8 Å². The molecule has 1 aromatic carbocycles. The van der Waals surface area contributed by atoms with Gasteiger partial charge in [0.15, 0.2) is 0 Å². The summed E-state index contributed by atoms with van der Waals surface area (Å²) in [5, 5.41) is 0. The number of urea groups is 1. The molecule has 0 radical (unpaired) electrons. The molecule has 0 bridgehead atoms. The summed E-state index contributed by atoms with van der Waals surface area (Å²) in [7, 11) is 4.44. The highest BCUT2D eigenvalue weighted by Gasteiger charge is 2.56. The molecule has 0 unspecified atom stereocenters. The van der Waals surface area contributed by atoms with Crippen molar-refractivity contribution < 1.29 is 4.79 Å². The summed E-state index contributed by atoms with van der Waals surface area (Å²) < 4.78 is 1.88. The molecule has 1 spiro atoms. The number of benzene rings is 1. The summed E-state index contributed by atoms with van der Waals surface area (Å²) in [6.07, 6.45) is 8.94. The van der Waals surface area contributed by atoms with Gasteiger partial charge in [-0.15, -0.1) is 0 Å². The third-order valence-electron chi connectivity index (χ3n) is 8.68. The van der Waals surface area contributed by atoms with E-state index in [0.29, 0.717) is 12.1 Å². The van der Waals surface area contributed by atoms with E-state index in [1.54, 1.807) is 0 Å². The van der Waals surface area contributed by atoms with Crippen molar-refractivity contribution >= 4 is 17.8 Å². The zero-order valence-corrected chi connectivity index (χ0v) is 19.9. The molecule has 31 heavy (non-hydrogen) atoms. The monoisotopic (exact) mass is 444 g/mol. The molecule has 2 heterocycles. The maximum atomic E-state index is 13.7. The first-order chi connectivity index (χ1) is 14.9. The van der Waals surface area contributed by atoms with Crippen LogP contribution in [0.3, 0.4) is 0 Å². The van der Waals surface area contributed by atoms with Crippen molar-refractivity contribution in [1.29, 1.82) is 0 Å². The van der Waals surface area contributed by atoms with Gasteiger partial charge in [-0.2, -0.15) is 0 Å². The molecule has 170 valence electrons. The van der Waals surface area contributed by atoms with E-state index in [1.807, 2.05) is 4.42 Å². The molecule has 5 nitrogen and oxygen atoms in total. The predicted molar refractivity (Wildman–Crippen MR) is 125 cm³/mol. The second-order valence-corrected chi connectivity index (χ2v) is 11.1. The van der Waals surface area contributed by atoms with Gasteiger partial charge in [-0.25, -0.2) is 9.21 Å². The molecule has 2 saturated heterocycles. The van der Waals surface area contributed by atoms with E-state index in [2.05, 4.69) is 59.1 Å². The Labute approximate surface area is 192 Å². The van der Waals surface area contributed by atoms with Crippen LogP contribution in [-0.2, 0) is 5.54 Å². The van der Waals surface area contributed by atoms with E-state index in [-0.39, 0.29) is 11.1 Å². The molecular weight excluding hydrogens is 408 g/mol. The lowest BCUT2D eigenvalue weighted by Crippen LogP contribution is -2.55. The molecule has 1 aromatic rings. The van der Waals surface area contributed by atoms with Gasteiger partial charge >= 0.3 is 6.03 Å². The predicted octanol–water partition coefficient (Wildman–Crippen LogP) is 4.52. The third kappa shape index (κ3) is 3.87. The second kappa shape index (κ2) is 8.24. The summed E-state index contributed by atoms with van der Waals surface area (Å²) in [4.78, 5) is 20.7. The smallest absolute Gasteiger partial charge is 0.319 e. The molecule has 4 aliphatic rings. The molecule has 0 N–H and O–H groups in total. The molecule has 2 saturated carbocycles. The second-order valence-electron chi connectivity index (χ2n) is 10.6. The third-order valence-corrected chi connectivity index (χ3v) is 9.02. The average molecular weight is 445 g/mol. The van der Waals surface area contributed by atoms with Crippen molar-refractivity contribution in [1.82, 2.24) is 19.1 Å². The summed E-state index contributed by atoms with van der Waals surface area (Å²) in [5.74, 6) is 0.722. The SMILES string of the molecule is CN(C)C1(c2ccccc2)CCC2(CC1)CN(C1CCN(Cl)CC1)C(=O)N2CC1CC1. The van der Waals surface area contributed by atoms with E-state index in [9.17, 15) is 4.79 Å². The highest BCUT2D eigenvalue weighted by Crippen LogP contribution is 2.50. The Balaban J connectivity index is 1.39. The zero-order valence-electron chi connectivity index (χ0n) is 19.1. The Bertz CT molecular complexity index is 780. The number of hydrogen-bond acceptors (Lipinski definition) is 3. The van der Waals surface area contributed by atoms with E-state index >= 15 is 0 Å². The molecule has 2 aliphatic heterocycles. The Morgan fingerprint density at radius 3 is 2.23 bits per heavy atom. The topological polar surface area (TPSA) is 30.0 Å². The van der Waals surface area contributed by atoms with E-state index in [1.165, 1.54) is 18.4 Å². The van der Waals surface area contributed by atoms with Crippen LogP contribution in [-0.4, -0.2) is 77.0 Å². The van der Waals surface area contributed by atoms with Crippen LogP contribution in [0.2, 0.25) is 0 Å². The van der Waals surface area contributed by atoms with Gasteiger partial charge < -0.3 is 9.80 Å². The Morgan fingerprint density at radius 1 is 1.00 bits per heavy atom. The highest BCUT2D eigenvalue weighted by molar-refractivity contribution is 6.13. The van der Waals surface area contributed by atoms with E-state index in [4.69, 9.17) is 11.8 Å². The van der Waals surface area contributed by atoms with Crippen LogP contribution in [0.5, 0.6) is 0 Å². The van der Waals surface area contributed by atoms with Gasteiger partial charge in [-0.1, -0.05) is 30.3 Å². The van der Waals surface area contributed by atoms with Gasteiger partial charge in [0.2, 0.25) is 0 Å². The Kier molecular flexibility index (Phi) is 5.72. The Morgan fingerprint density at radius 2 is 1.65 bits per heavy atom. The molecule has 5 rings (SSSR count). The summed E-state index contributed by atoms with van der Waals surface area (Å²) in [6, 6.07) is 11.6. The lowest BCUT2D eigenvalue weighted by Gasteiger charge is -2.51. The van der Waals surface area contributed by atoms with Crippen molar-refractivity contribution in [2.75, 3.05) is 40.3 Å². The number of nitrogens with zero attached hydrogens (tertiary/aromatic N) is 4. The highest BCUT2D eigenvalue weighted by atomic mass is 35.5. The fourth-order valence-corrected chi connectivity index (χ4v) is 6.58. The standard InChI is InChI=1S/C25H37ClN4O/c1-27(2)25(21-6-4-3-5-7-21)14-12-24(13-15-25)19-29(22-10-16-28(26)17-11-22)23(31)30(24)18-20-8-9-20/h3-7,20,22H,8-19H2,1-2H3. The lowest BCUT2D eigenvalue weighted by atomic mass is 9.68. The summed E-state index contributed by atoms with van der Waals surface area (Å²) >= 11 is 6.21. The van der Waals surface area contributed by atoms with E-state index < -0.39 is 0 Å². The minimum absolute atomic E-state index is 0.00601. The molecule has 6 heteroatoms. The fraction of sp³-hybridized carbons (Fsp3) is 0.720. The van der Waals surface area contributed by atoms with Crippen LogP contribution < -0.4 is 0 Å². The first-order valence-electron chi connectivity index (χ1n) is 12.2. The van der Waals surface area contributed by atoms with Crippen molar-refractivity contribution in [3.05, 3.63) is 35.9 Å². The summed E-state index contributed by atoms with van der Waals surface area (Å²) in [6.45, 7) is 3.63. The first-order valence-corrected chi connectivity index (χ1v) is 12.5. The van der Waals surface area contributed by atoms with Gasteiger partial charge in [-0.3, -0.25) is 4.90 Å². The maximum Gasteiger partial charge on any atom is 0.320 e. The quantitative estimate of drug-likeness (QED) is 0.625. The minimum atomic E-state index is 0.00601. The van der Waals surface area contributed by atoms with Gasteiger partial charge in [0.25, 0.3) is 0 Å². The summed E-state index contributed by atoms with van der Waals surface area (Å²) in [5.41, 5.74) is 1.49. The number of hydrogen-bond donors (Lipinski definition) is 0. The number of amides is 2. The van der Waals surface area contributed by atoms with Crippen molar-refractivity contribution in [3.63, 3.8) is 0 Å². The molecule has 2 aliphatic carbocycles. The van der Waals surface area contributed by atoms with Crippen LogP contribution in [0.15, 0.2) is 30.3 Å². The van der Waals surface area contributed by atoms with E-state index in [0.717, 1.165) is 70.6 Å². The molecule has 0 aromatic heterocycles. The van der Waals surface area contributed by atoms with Crippen molar-refractivity contribution in [3.8, 4) is 0 Å². The van der Waals surface area contributed by atoms with Crippen LogP contribution in [0, 0.1) is 5.92 Å². The lowest BCUT2D eigenvalue weighted by molar-refractivity contribution is 0.0224.